The Labute approximate surface area is 116 Å². The largest absolute Gasteiger partial charge is 0.378 e. The normalized spacial score (nSPS) is 24.9. The summed E-state index contributed by atoms with van der Waals surface area (Å²) < 4.78 is 5.44. The summed E-state index contributed by atoms with van der Waals surface area (Å²) in [5, 5.41) is 3.38. The van der Waals surface area contributed by atoms with Crippen molar-refractivity contribution >= 4 is 5.91 Å². The standard InChI is InChI=1S/C15H28N2O2/c1-12(2)10-17(14-5-3-4-6-14)15(18)9-13-11-19-8-7-16-13/h12-14,16H,3-11H2,1-2H3. The van der Waals surface area contributed by atoms with E-state index in [0.29, 0.717) is 30.9 Å². The number of ether oxygens (including phenoxy) is 1. The van der Waals surface area contributed by atoms with Gasteiger partial charge in [-0.25, -0.2) is 0 Å². The molecular formula is C15H28N2O2. The summed E-state index contributed by atoms with van der Waals surface area (Å²) in [7, 11) is 0. The van der Waals surface area contributed by atoms with Crippen LogP contribution in [0.25, 0.3) is 0 Å². The van der Waals surface area contributed by atoms with Gasteiger partial charge in [0.15, 0.2) is 0 Å². The SMILES string of the molecule is CC(C)CN(C(=O)CC1COCCN1)C1CCCC1. The summed E-state index contributed by atoms with van der Waals surface area (Å²) in [4.78, 5) is 14.7. The molecule has 1 saturated carbocycles. The van der Waals surface area contributed by atoms with Crippen molar-refractivity contribution in [1.29, 1.82) is 0 Å². The Morgan fingerprint density at radius 2 is 2.11 bits per heavy atom. The lowest BCUT2D eigenvalue weighted by molar-refractivity contribution is -0.135. The molecule has 1 unspecified atom stereocenters. The second-order valence-electron chi connectivity index (χ2n) is 6.31. The highest BCUT2D eigenvalue weighted by atomic mass is 16.5. The minimum absolute atomic E-state index is 0.206. The Bertz CT molecular complexity index is 282. The lowest BCUT2D eigenvalue weighted by Gasteiger charge is -2.33. The molecule has 2 rings (SSSR count). The first-order valence-electron chi connectivity index (χ1n) is 7.77. The van der Waals surface area contributed by atoms with E-state index in [2.05, 4.69) is 24.1 Å². The van der Waals surface area contributed by atoms with Gasteiger partial charge in [0.2, 0.25) is 5.91 Å². The number of morpholine rings is 1. The van der Waals surface area contributed by atoms with Crippen LogP contribution in [0.5, 0.6) is 0 Å². The van der Waals surface area contributed by atoms with Crippen LogP contribution in [0.1, 0.15) is 46.0 Å². The van der Waals surface area contributed by atoms with E-state index in [0.717, 1.165) is 19.7 Å². The molecule has 1 amide bonds. The summed E-state index contributed by atoms with van der Waals surface area (Å²) >= 11 is 0. The fourth-order valence-corrected chi connectivity index (χ4v) is 3.14. The molecule has 0 aromatic rings. The molecular weight excluding hydrogens is 240 g/mol. The van der Waals surface area contributed by atoms with Crippen molar-refractivity contribution in [3.05, 3.63) is 0 Å². The highest BCUT2D eigenvalue weighted by molar-refractivity contribution is 5.77. The van der Waals surface area contributed by atoms with Gasteiger partial charge in [-0.1, -0.05) is 26.7 Å². The van der Waals surface area contributed by atoms with Crippen molar-refractivity contribution < 1.29 is 9.53 Å². The van der Waals surface area contributed by atoms with Crippen molar-refractivity contribution in [2.24, 2.45) is 5.92 Å². The lowest BCUT2D eigenvalue weighted by atomic mass is 10.1. The third-order valence-electron chi connectivity index (χ3n) is 4.07. The average molecular weight is 268 g/mol. The maximum atomic E-state index is 12.6. The summed E-state index contributed by atoms with van der Waals surface area (Å²) in [6, 6.07) is 0.691. The number of carbonyl (C=O) groups excluding carboxylic acids is 1. The van der Waals surface area contributed by atoms with Crippen LogP contribution in [0, 0.1) is 5.92 Å². The Balaban J connectivity index is 1.89. The van der Waals surface area contributed by atoms with Gasteiger partial charge in [0.25, 0.3) is 0 Å². The molecule has 1 N–H and O–H groups in total. The fourth-order valence-electron chi connectivity index (χ4n) is 3.14. The Morgan fingerprint density at radius 3 is 2.68 bits per heavy atom. The molecule has 1 atom stereocenters. The zero-order valence-corrected chi connectivity index (χ0v) is 12.4. The number of nitrogens with zero attached hydrogens (tertiary/aromatic N) is 1. The smallest absolute Gasteiger partial charge is 0.224 e. The molecule has 2 aliphatic rings. The Kier molecular flexibility index (Phi) is 5.64. The van der Waals surface area contributed by atoms with Crippen LogP contribution in [0.15, 0.2) is 0 Å². The number of rotatable bonds is 5. The van der Waals surface area contributed by atoms with Crippen LogP contribution < -0.4 is 5.32 Å². The van der Waals surface area contributed by atoms with E-state index in [9.17, 15) is 4.79 Å². The summed E-state index contributed by atoms with van der Waals surface area (Å²) in [6.07, 6.45) is 5.51. The quantitative estimate of drug-likeness (QED) is 0.826. The predicted molar refractivity (Wildman–Crippen MR) is 76.0 cm³/mol. The first-order chi connectivity index (χ1) is 9.16. The summed E-state index contributed by atoms with van der Waals surface area (Å²) in [5.41, 5.74) is 0. The zero-order chi connectivity index (χ0) is 13.7. The molecule has 1 heterocycles. The van der Waals surface area contributed by atoms with Gasteiger partial charge in [0.1, 0.15) is 0 Å². The first kappa shape index (κ1) is 14.8. The third kappa shape index (κ3) is 4.46. The van der Waals surface area contributed by atoms with Gasteiger partial charge in [0, 0.05) is 31.6 Å². The van der Waals surface area contributed by atoms with Crippen molar-refractivity contribution in [2.75, 3.05) is 26.3 Å². The Morgan fingerprint density at radius 1 is 1.37 bits per heavy atom. The zero-order valence-electron chi connectivity index (χ0n) is 12.4. The molecule has 1 aliphatic heterocycles. The van der Waals surface area contributed by atoms with Gasteiger partial charge >= 0.3 is 0 Å². The van der Waals surface area contributed by atoms with E-state index in [1.807, 2.05) is 0 Å². The molecule has 110 valence electrons. The number of hydrogen-bond donors (Lipinski definition) is 1. The molecule has 2 fully saturated rings. The molecule has 0 aromatic heterocycles. The van der Waals surface area contributed by atoms with Crippen molar-refractivity contribution in [2.45, 2.75) is 58.0 Å². The highest BCUT2D eigenvalue weighted by Gasteiger charge is 2.29. The van der Waals surface area contributed by atoms with Crippen LogP contribution in [0.4, 0.5) is 0 Å². The van der Waals surface area contributed by atoms with Crippen molar-refractivity contribution in [3.8, 4) is 0 Å². The first-order valence-corrected chi connectivity index (χ1v) is 7.77. The van der Waals surface area contributed by atoms with Crippen molar-refractivity contribution in [3.63, 3.8) is 0 Å². The minimum atomic E-state index is 0.206. The number of carbonyl (C=O) groups is 1. The highest BCUT2D eigenvalue weighted by Crippen LogP contribution is 2.25. The summed E-state index contributed by atoms with van der Waals surface area (Å²) in [5.74, 6) is 0.851. The maximum absolute atomic E-state index is 12.6. The second-order valence-corrected chi connectivity index (χ2v) is 6.31. The van der Waals surface area contributed by atoms with E-state index < -0.39 is 0 Å². The molecule has 0 radical (unpaired) electrons. The van der Waals surface area contributed by atoms with E-state index >= 15 is 0 Å². The molecule has 0 bridgehead atoms. The maximum Gasteiger partial charge on any atom is 0.224 e. The molecule has 19 heavy (non-hydrogen) atoms. The van der Waals surface area contributed by atoms with Gasteiger partial charge in [-0.2, -0.15) is 0 Å². The lowest BCUT2D eigenvalue weighted by Crippen LogP contribution is -2.47. The number of nitrogens with one attached hydrogen (secondary N) is 1. The van der Waals surface area contributed by atoms with Crippen LogP contribution in [0.3, 0.4) is 0 Å². The van der Waals surface area contributed by atoms with Crippen LogP contribution in [-0.4, -0.2) is 49.2 Å². The second kappa shape index (κ2) is 7.25. The van der Waals surface area contributed by atoms with Crippen molar-refractivity contribution in [1.82, 2.24) is 10.2 Å². The van der Waals surface area contributed by atoms with Crippen LogP contribution in [-0.2, 0) is 9.53 Å². The number of hydrogen-bond acceptors (Lipinski definition) is 3. The van der Waals surface area contributed by atoms with E-state index in [4.69, 9.17) is 4.74 Å². The monoisotopic (exact) mass is 268 g/mol. The summed E-state index contributed by atoms with van der Waals surface area (Å²) in [6.45, 7) is 7.59. The number of amides is 1. The van der Waals surface area contributed by atoms with Crippen LogP contribution in [0.2, 0.25) is 0 Å². The van der Waals surface area contributed by atoms with E-state index in [1.54, 1.807) is 0 Å². The molecule has 1 saturated heterocycles. The average Bonchev–Trinajstić information content (AvgIpc) is 2.90. The molecule has 1 aliphatic carbocycles. The van der Waals surface area contributed by atoms with E-state index in [1.165, 1.54) is 25.7 Å². The van der Waals surface area contributed by atoms with Gasteiger partial charge in [0.05, 0.1) is 13.2 Å². The molecule has 4 nitrogen and oxygen atoms in total. The molecule has 0 spiro atoms. The fraction of sp³-hybridized carbons (Fsp3) is 0.933. The van der Waals surface area contributed by atoms with Gasteiger partial charge in [-0.3, -0.25) is 4.79 Å². The van der Waals surface area contributed by atoms with Gasteiger partial charge < -0.3 is 15.0 Å². The van der Waals surface area contributed by atoms with Crippen LogP contribution >= 0.6 is 0 Å². The Hall–Kier alpha value is -0.610. The van der Waals surface area contributed by atoms with E-state index in [-0.39, 0.29) is 6.04 Å². The molecule has 0 aromatic carbocycles. The third-order valence-corrected chi connectivity index (χ3v) is 4.07. The van der Waals surface area contributed by atoms with Gasteiger partial charge in [-0.15, -0.1) is 0 Å². The van der Waals surface area contributed by atoms with Gasteiger partial charge in [-0.05, 0) is 18.8 Å². The molecule has 4 heteroatoms. The predicted octanol–water partition coefficient (Wildman–Crippen LogP) is 1.79. The topological polar surface area (TPSA) is 41.6 Å². The minimum Gasteiger partial charge on any atom is -0.378 e.